The molecule has 18 heavy (non-hydrogen) atoms. The topological polar surface area (TPSA) is 21.1 Å². The predicted molar refractivity (Wildman–Crippen MR) is 85.2 cm³/mol. The van der Waals surface area contributed by atoms with Crippen LogP contribution in [0.5, 0.6) is 0 Å². The van der Waals surface area contributed by atoms with Gasteiger partial charge in [-0.3, -0.25) is 0 Å². The number of alkyl halides is 1. The first-order chi connectivity index (χ1) is 8.65. The van der Waals surface area contributed by atoms with E-state index >= 15 is 0 Å². The number of fused-ring (bicyclic) bond motifs is 1. The summed E-state index contributed by atoms with van der Waals surface area (Å²) in [4.78, 5) is 6.89. The summed E-state index contributed by atoms with van der Waals surface area (Å²) in [7, 11) is 2.13. The molecule has 1 aromatic heterocycles. The fraction of sp³-hybridized carbons (Fsp3) is 0.462. The molecule has 2 aromatic rings. The molecule has 1 heterocycles. The molecule has 0 saturated carbocycles. The van der Waals surface area contributed by atoms with Crippen molar-refractivity contribution < 1.29 is 0 Å². The van der Waals surface area contributed by atoms with Gasteiger partial charge in [0.2, 0.25) is 0 Å². The molecule has 0 unspecified atom stereocenters. The molecular weight excluding hydrogens is 361 g/mol. The van der Waals surface area contributed by atoms with Crippen LogP contribution in [0.4, 0.5) is 0 Å². The van der Waals surface area contributed by atoms with E-state index in [1.807, 2.05) is 0 Å². The van der Waals surface area contributed by atoms with E-state index in [0.717, 1.165) is 31.0 Å². The Morgan fingerprint density at radius 3 is 2.89 bits per heavy atom. The Morgan fingerprint density at radius 2 is 2.22 bits per heavy atom. The number of likely N-dealkylation sites (N-methyl/N-ethyl adjacent to an activating group) is 1. The van der Waals surface area contributed by atoms with E-state index in [-0.39, 0.29) is 0 Å². The second kappa shape index (κ2) is 6.21. The molecule has 0 aliphatic carbocycles. The fourth-order valence-corrected chi connectivity index (χ4v) is 2.61. The van der Waals surface area contributed by atoms with Crippen LogP contribution in [0, 0.1) is 3.57 Å². The SMILES string of the molecule is CCN(C)CCn1c(CCl)nc2cc(I)ccc21. The van der Waals surface area contributed by atoms with Gasteiger partial charge >= 0.3 is 0 Å². The Kier molecular flexibility index (Phi) is 4.86. The third kappa shape index (κ3) is 2.97. The average Bonchev–Trinajstić information content (AvgIpc) is 2.72. The van der Waals surface area contributed by atoms with Crippen LogP contribution in [0.1, 0.15) is 12.7 Å². The van der Waals surface area contributed by atoms with E-state index in [1.165, 1.54) is 9.09 Å². The first-order valence-electron chi connectivity index (χ1n) is 6.05. The van der Waals surface area contributed by atoms with Gasteiger partial charge in [-0.1, -0.05) is 6.92 Å². The van der Waals surface area contributed by atoms with Crippen LogP contribution in [0.15, 0.2) is 18.2 Å². The lowest BCUT2D eigenvalue weighted by molar-refractivity contribution is 0.335. The molecule has 3 nitrogen and oxygen atoms in total. The Balaban J connectivity index is 2.34. The number of hydrogen-bond acceptors (Lipinski definition) is 2. The monoisotopic (exact) mass is 377 g/mol. The lowest BCUT2D eigenvalue weighted by atomic mass is 10.3. The van der Waals surface area contributed by atoms with Crippen molar-refractivity contribution in [3.05, 3.63) is 27.6 Å². The largest absolute Gasteiger partial charge is 0.326 e. The molecule has 0 amide bonds. The summed E-state index contributed by atoms with van der Waals surface area (Å²) in [6.45, 7) is 5.17. The van der Waals surface area contributed by atoms with E-state index in [0.29, 0.717) is 5.88 Å². The molecule has 0 atom stereocenters. The minimum Gasteiger partial charge on any atom is -0.326 e. The quantitative estimate of drug-likeness (QED) is 0.589. The zero-order chi connectivity index (χ0) is 13.1. The van der Waals surface area contributed by atoms with Crippen LogP contribution in [-0.2, 0) is 12.4 Å². The first-order valence-corrected chi connectivity index (χ1v) is 7.66. The van der Waals surface area contributed by atoms with Gasteiger partial charge in [0.05, 0.1) is 16.9 Å². The summed E-state index contributed by atoms with van der Waals surface area (Å²) in [6.07, 6.45) is 0. The molecular formula is C13H17ClIN3. The summed E-state index contributed by atoms with van der Waals surface area (Å²) < 4.78 is 3.43. The Morgan fingerprint density at radius 1 is 1.44 bits per heavy atom. The third-order valence-corrected chi connectivity index (χ3v) is 4.06. The molecule has 2 rings (SSSR count). The maximum atomic E-state index is 5.99. The second-order valence-corrected chi connectivity index (χ2v) is 5.86. The summed E-state index contributed by atoms with van der Waals surface area (Å²) in [5.74, 6) is 1.42. The van der Waals surface area contributed by atoms with Crippen LogP contribution in [0.3, 0.4) is 0 Å². The number of benzene rings is 1. The third-order valence-electron chi connectivity index (χ3n) is 3.15. The highest BCUT2D eigenvalue weighted by molar-refractivity contribution is 14.1. The smallest absolute Gasteiger partial charge is 0.124 e. The van der Waals surface area contributed by atoms with Gasteiger partial charge in [-0.2, -0.15) is 0 Å². The minimum absolute atomic E-state index is 0.459. The fourth-order valence-electron chi connectivity index (χ4n) is 1.93. The van der Waals surface area contributed by atoms with Crippen molar-refractivity contribution in [1.82, 2.24) is 14.5 Å². The van der Waals surface area contributed by atoms with Crippen LogP contribution >= 0.6 is 34.2 Å². The van der Waals surface area contributed by atoms with Crippen LogP contribution in [0.2, 0.25) is 0 Å². The van der Waals surface area contributed by atoms with Crippen molar-refractivity contribution >= 4 is 45.2 Å². The standard InChI is InChI=1S/C13H17ClIN3/c1-3-17(2)6-7-18-12-5-4-10(15)8-11(12)16-13(18)9-14/h4-5,8H,3,6-7,9H2,1-2H3. The predicted octanol–water partition coefficient (Wildman–Crippen LogP) is 3.33. The molecule has 0 aliphatic rings. The molecule has 0 N–H and O–H groups in total. The summed E-state index contributed by atoms with van der Waals surface area (Å²) >= 11 is 8.30. The molecule has 0 spiro atoms. The van der Waals surface area contributed by atoms with Gasteiger partial charge in [-0.25, -0.2) is 4.98 Å². The second-order valence-electron chi connectivity index (χ2n) is 4.34. The molecule has 98 valence electrons. The molecule has 0 aliphatic heterocycles. The number of nitrogens with zero attached hydrogens (tertiary/aromatic N) is 3. The number of hydrogen-bond donors (Lipinski definition) is 0. The van der Waals surface area contributed by atoms with Crippen LogP contribution in [-0.4, -0.2) is 34.6 Å². The molecule has 0 bridgehead atoms. The minimum atomic E-state index is 0.459. The number of halogens is 2. The van der Waals surface area contributed by atoms with E-state index in [4.69, 9.17) is 11.6 Å². The number of aromatic nitrogens is 2. The highest BCUT2D eigenvalue weighted by atomic mass is 127. The van der Waals surface area contributed by atoms with E-state index in [2.05, 4.69) is 69.2 Å². The summed E-state index contributed by atoms with van der Waals surface area (Å²) in [5, 5.41) is 0. The first kappa shape index (κ1) is 14.1. The van der Waals surface area contributed by atoms with E-state index in [9.17, 15) is 0 Å². The summed E-state index contributed by atoms with van der Waals surface area (Å²) in [6, 6.07) is 6.35. The zero-order valence-electron chi connectivity index (χ0n) is 10.7. The maximum absolute atomic E-state index is 5.99. The van der Waals surface area contributed by atoms with Crippen molar-refractivity contribution in [2.75, 3.05) is 20.1 Å². The van der Waals surface area contributed by atoms with Crippen LogP contribution in [0.25, 0.3) is 11.0 Å². The molecule has 0 fully saturated rings. The van der Waals surface area contributed by atoms with Gasteiger partial charge in [-0.05, 0) is 54.4 Å². The number of imidazole rings is 1. The Labute approximate surface area is 126 Å². The van der Waals surface area contributed by atoms with Gasteiger partial charge in [0.15, 0.2) is 0 Å². The van der Waals surface area contributed by atoms with Crippen molar-refractivity contribution in [3.63, 3.8) is 0 Å². The van der Waals surface area contributed by atoms with Crippen molar-refractivity contribution in [2.24, 2.45) is 0 Å². The van der Waals surface area contributed by atoms with Crippen molar-refractivity contribution in [1.29, 1.82) is 0 Å². The van der Waals surface area contributed by atoms with E-state index in [1.54, 1.807) is 0 Å². The highest BCUT2D eigenvalue weighted by Crippen LogP contribution is 2.20. The molecule has 0 radical (unpaired) electrons. The summed E-state index contributed by atoms with van der Waals surface area (Å²) in [5.41, 5.74) is 2.22. The molecule has 1 aromatic carbocycles. The zero-order valence-corrected chi connectivity index (χ0v) is 13.6. The van der Waals surface area contributed by atoms with Gasteiger partial charge in [-0.15, -0.1) is 11.6 Å². The Bertz CT molecular complexity index is 538. The Hall–Kier alpha value is -0.330. The van der Waals surface area contributed by atoms with Gasteiger partial charge in [0.1, 0.15) is 5.82 Å². The van der Waals surface area contributed by atoms with Crippen molar-refractivity contribution in [3.8, 4) is 0 Å². The lowest BCUT2D eigenvalue weighted by Gasteiger charge is -2.15. The van der Waals surface area contributed by atoms with Gasteiger partial charge in [0.25, 0.3) is 0 Å². The average molecular weight is 378 g/mol. The number of rotatable bonds is 5. The van der Waals surface area contributed by atoms with Crippen molar-refractivity contribution in [2.45, 2.75) is 19.3 Å². The van der Waals surface area contributed by atoms with Crippen LogP contribution < -0.4 is 0 Å². The van der Waals surface area contributed by atoms with Gasteiger partial charge in [0, 0.05) is 16.7 Å². The van der Waals surface area contributed by atoms with E-state index < -0.39 is 0 Å². The molecule has 0 saturated heterocycles. The normalized spacial score (nSPS) is 11.6. The maximum Gasteiger partial charge on any atom is 0.124 e. The highest BCUT2D eigenvalue weighted by Gasteiger charge is 2.10. The van der Waals surface area contributed by atoms with Gasteiger partial charge < -0.3 is 9.47 Å². The molecule has 5 heteroatoms. The lowest BCUT2D eigenvalue weighted by Crippen LogP contribution is -2.23.